The van der Waals surface area contributed by atoms with Crippen molar-refractivity contribution in [3.63, 3.8) is 0 Å². The van der Waals surface area contributed by atoms with E-state index in [1.807, 2.05) is 24.3 Å². The Bertz CT molecular complexity index is 297. The van der Waals surface area contributed by atoms with E-state index in [4.69, 9.17) is 22.1 Å². The van der Waals surface area contributed by atoms with Crippen LogP contribution >= 0.6 is 11.6 Å². The quantitative estimate of drug-likeness (QED) is 0.829. The molecule has 0 aromatic heterocycles. The lowest BCUT2D eigenvalue weighted by molar-refractivity contribution is 0.0515. The van der Waals surface area contributed by atoms with Crippen molar-refractivity contribution in [1.29, 1.82) is 0 Å². The number of hydrogen-bond donors (Lipinski definition) is 1. The summed E-state index contributed by atoms with van der Waals surface area (Å²) >= 11 is 5.83. The molecule has 0 saturated carbocycles. The van der Waals surface area contributed by atoms with Gasteiger partial charge in [-0.1, -0.05) is 37.6 Å². The van der Waals surface area contributed by atoms with Crippen LogP contribution in [-0.4, -0.2) is 13.2 Å². The highest BCUT2D eigenvalue weighted by Gasteiger charge is 2.09. The Labute approximate surface area is 103 Å². The lowest BCUT2D eigenvalue weighted by Gasteiger charge is -2.17. The Morgan fingerprint density at radius 2 is 1.88 bits per heavy atom. The van der Waals surface area contributed by atoms with E-state index < -0.39 is 0 Å². The average Bonchev–Trinajstić information content (AvgIpc) is 2.26. The summed E-state index contributed by atoms with van der Waals surface area (Å²) in [6, 6.07) is 7.67. The highest BCUT2D eigenvalue weighted by Crippen LogP contribution is 2.19. The van der Waals surface area contributed by atoms with Gasteiger partial charge in [-0.3, -0.25) is 0 Å². The second-order valence-electron chi connectivity index (χ2n) is 4.33. The fourth-order valence-electron chi connectivity index (χ4n) is 1.42. The van der Waals surface area contributed by atoms with Crippen LogP contribution in [0.1, 0.15) is 31.9 Å². The summed E-state index contributed by atoms with van der Waals surface area (Å²) in [4.78, 5) is 0. The van der Waals surface area contributed by atoms with Crippen molar-refractivity contribution in [1.82, 2.24) is 0 Å². The van der Waals surface area contributed by atoms with Crippen LogP contribution in [0.5, 0.6) is 0 Å². The average molecular weight is 242 g/mol. The van der Waals surface area contributed by atoms with Gasteiger partial charge in [-0.2, -0.15) is 0 Å². The van der Waals surface area contributed by atoms with Crippen LogP contribution in [0.2, 0.25) is 5.02 Å². The van der Waals surface area contributed by atoms with Crippen molar-refractivity contribution in [3.8, 4) is 0 Å². The fraction of sp³-hybridized carbons (Fsp3) is 0.538. The summed E-state index contributed by atoms with van der Waals surface area (Å²) in [5.74, 6) is 0.656. The van der Waals surface area contributed by atoms with E-state index in [1.54, 1.807) is 0 Å². The first-order valence-electron chi connectivity index (χ1n) is 5.70. The summed E-state index contributed by atoms with van der Waals surface area (Å²) in [7, 11) is 0. The van der Waals surface area contributed by atoms with E-state index in [0.717, 1.165) is 23.6 Å². The maximum Gasteiger partial charge on any atom is 0.0947 e. The van der Waals surface area contributed by atoms with E-state index in [0.29, 0.717) is 12.5 Å². The van der Waals surface area contributed by atoms with E-state index in [9.17, 15) is 0 Å². The first-order chi connectivity index (χ1) is 7.63. The molecule has 1 atom stereocenters. The lowest BCUT2D eigenvalue weighted by Crippen LogP contribution is -2.17. The highest BCUT2D eigenvalue weighted by atomic mass is 35.5. The van der Waals surface area contributed by atoms with Gasteiger partial charge in [0, 0.05) is 18.2 Å². The van der Waals surface area contributed by atoms with E-state index >= 15 is 0 Å². The predicted molar refractivity (Wildman–Crippen MR) is 68.7 cm³/mol. The van der Waals surface area contributed by atoms with Gasteiger partial charge in [0.25, 0.3) is 0 Å². The normalized spacial score (nSPS) is 13.1. The molecule has 0 aliphatic heterocycles. The third-order valence-corrected chi connectivity index (χ3v) is 2.72. The van der Waals surface area contributed by atoms with Gasteiger partial charge in [0.2, 0.25) is 0 Å². The Balaban J connectivity index is 2.50. The topological polar surface area (TPSA) is 35.2 Å². The molecule has 90 valence electrons. The number of hydrogen-bond acceptors (Lipinski definition) is 2. The third kappa shape index (κ3) is 4.52. The van der Waals surface area contributed by atoms with Gasteiger partial charge >= 0.3 is 0 Å². The molecule has 1 aromatic carbocycles. The SMILES string of the molecule is CC(C)CCO[C@H](CN)c1ccc(Cl)cc1. The Morgan fingerprint density at radius 1 is 1.25 bits per heavy atom. The molecule has 0 aliphatic carbocycles. The van der Waals surface area contributed by atoms with Crippen molar-refractivity contribution in [3.05, 3.63) is 34.9 Å². The molecule has 2 nitrogen and oxygen atoms in total. The predicted octanol–water partition coefficient (Wildman–Crippen LogP) is 3.40. The van der Waals surface area contributed by atoms with Gasteiger partial charge in [0.1, 0.15) is 0 Å². The van der Waals surface area contributed by atoms with Gasteiger partial charge in [0.15, 0.2) is 0 Å². The molecule has 0 radical (unpaired) electrons. The largest absolute Gasteiger partial charge is 0.372 e. The molecule has 0 unspecified atom stereocenters. The summed E-state index contributed by atoms with van der Waals surface area (Å²) in [5, 5.41) is 0.738. The molecule has 3 heteroatoms. The van der Waals surface area contributed by atoms with Crippen molar-refractivity contribution in [2.45, 2.75) is 26.4 Å². The van der Waals surface area contributed by atoms with Gasteiger partial charge in [-0.15, -0.1) is 0 Å². The second-order valence-corrected chi connectivity index (χ2v) is 4.77. The molecule has 0 saturated heterocycles. The molecule has 0 heterocycles. The molecular weight excluding hydrogens is 222 g/mol. The van der Waals surface area contributed by atoms with Crippen molar-refractivity contribution in [2.75, 3.05) is 13.2 Å². The van der Waals surface area contributed by atoms with Crippen LogP contribution in [0.4, 0.5) is 0 Å². The molecule has 0 bridgehead atoms. The van der Waals surface area contributed by atoms with Crippen LogP contribution < -0.4 is 5.73 Å². The maximum absolute atomic E-state index is 5.83. The van der Waals surface area contributed by atoms with Crippen molar-refractivity contribution >= 4 is 11.6 Å². The lowest BCUT2D eigenvalue weighted by atomic mass is 10.1. The molecule has 1 aromatic rings. The summed E-state index contributed by atoms with van der Waals surface area (Å²) in [5.41, 5.74) is 6.79. The summed E-state index contributed by atoms with van der Waals surface area (Å²) in [6.07, 6.45) is 1.04. The number of ether oxygens (including phenoxy) is 1. The minimum absolute atomic E-state index is 0.0176. The number of halogens is 1. The Hall–Kier alpha value is -0.570. The molecule has 0 fully saturated rings. The van der Waals surface area contributed by atoms with Crippen LogP contribution in [0.25, 0.3) is 0 Å². The first kappa shape index (κ1) is 13.5. The molecule has 16 heavy (non-hydrogen) atoms. The molecular formula is C13H20ClNO. The number of nitrogens with two attached hydrogens (primary N) is 1. The second kappa shape index (κ2) is 6.89. The van der Waals surface area contributed by atoms with E-state index in [1.165, 1.54) is 0 Å². The van der Waals surface area contributed by atoms with Crippen LogP contribution in [-0.2, 0) is 4.74 Å². The minimum Gasteiger partial charge on any atom is -0.372 e. The highest BCUT2D eigenvalue weighted by molar-refractivity contribution is 6.30. The molecule has 2 N–H and O–H groups in total. The summed E-state index contributed by atoms with van der Waals surface area (Å²) < 4.78 is 5.76. The number of rotatable bonds is 6. The monoisotopic (exact) mass is 241 g/mol. The van der Waals surface area contributed by atoms with E-state index in [2.05, 4.69) is 13.8 Å². The maximum atomic E-state index is 5.83. The standard InChI is InChI=1S/C13H20ClNO/c1-10(2)7-8-16-13(9-15)11-3-5-12(14)6-4-11/h3-6,10,13H,7-9,15H2,1-2H3/t13-/m1/s1. The fourth-order valence-corrected chi connectivity index (χ4v) is 1.55. The van der Waals surface area contributed by atoms with E-state index in [-0.39, 0.29) is 6.10 Å². The molecule has 0 aliphatic rings. The van der Waals surface area contributed by atoms with Crippen molar-refractivity contribution in [2.24, 2.45) is 11.7 Å². The molecule has 0 amide bonds. The zero-order chi connectivity index (χ0) is 12.0. The van der Waals surface area contributed by atoms with Gasteiger partial charge < -0.3 is 10.5 Å². The zero-order valence-electron chi connectivity index (χ0n) is 9.95. The van der Waals surface area contributed by atoms with Crippen LogP contribution in [0.15, 0.2) is 24.3 Å². The van der Waals surface area contributed by atoms with Gasteiger partial charge in [0.05, 0.1) is 6.10 Å². The van der Waals surface area contributed by atoms with Gasteiger partial charge in [-0.25, -0.2) is 0 Å². The van der Waals surface area contributed by atoms with Crippen LogP contribution in [0, 0.1) is 5.92 Å². The first-order valence-corrected chi connectivity index (χ1v) is 6.08. The molecule has 1 rings (SSSR count). The van der Waals surface area contributed by atoms with Gasteiger partial charge in [-0.05, 0) is 30.0 Å². The minimum atomic E-state index is -0.0176. The Morgan fingerprint density at radius 3 is 2.38 bits per heavy atom. The smallest absolute Gasteiger partial charge is 0.0947 e. The van der Waals surface area contributed by atoms with Crippen molar-refractivity contribution < 1.29 is 4.74 Å². The Kier molecular flexibility index (Phi) is 5.81. The molecule has 0 spiro atoms. The van der Waals surface area contributed by atoms with Crippen LogP contribution in [0.3, 0.4) is 0 Å². The summed E-state index contributed by atoms with van der Waals surface area (Å²) in [6.45, 7) is 5.62. The zero-order valence-corrected chi connectivity index (χ0v) is 10.7. The number of benzene rings is 1. The third-order valence-electron chi connectivity index (χ3n) is 2.47.